The summed E-state index contributed by atoms with van der Waals surface area (Å²) in [6, 6.07) is 14.5. The third-order valence-corrected chi connectivity index (χ3v) is 5.58. The second kappa shape index (κ2) is 6.62. The molecule has 26 heavy (non-hydrogen) atoms. The van der Waals surface area contributed by atoms with Crippen LogP contribution in [0.5, 0.6) is 0 Å². The molecule has 1 unspecified atom stereocenters. The van der Waals surface area contributed by atoms with Crippen LogP contribution in [0.25, 0.3) is 11.1 Å². The summed E-state index contributed by atoms with van der Waals surface area (Å²) < 4.78 is 15.0. The number of hydrogen-bond acceptors (Lipinski definition) is 2. The molecule has 4 rings (SSSR count). The van der Waals surface area contributed by atoms with Gasteiger partial charge in [0.2, 0.25) is 0 Å². The van der Waals surface area contributed by atoms with Crippen LogP contribution in [-0.4, -0.2) is 16.9 Å². The number of aliphatic imine (C=N–C) groups is 1. The van der Waals surface area contributed by atoms with Gasteiger partial charge in [0, 0.05) is 36.0 Å². The third-order valence-electron chi connectivity index (χ3n) is 4.69. The highest BCUT2D eigenvalue weighted by Crippen LogP contribution is 2.32. The summed E-state index contributed by atoms with van der Waals surface area (Å²) >= 11 is 0. The zero-order valence-electron chi connectivity index (χ0n) is 14.6. The molecular weight excluding hydrogens is 346 g/mol. The van der Waals surface area contributed by atoms with E-state index in [0.29, 0.717) is 15.1 Å². The fraction of sp³-hybridized carbons (Fsp3) is 0.143. The van der Waals surface area contributed by atoms with Gasteiger partial charge in [0.25, 0.3) is 5.56 Å². The van der Waals surface area contributed by atoms with Crippen LogP contribution < -0.4 is 10.9 Å². The molecule has 0 N–H and O–H groups in total. The molecule has 0 aliphatic carbocycles. The fourth-order valence-electron chi connectivity index (χ4n) is 3.28. The lowest BCUT2D eigenvalue weighted by atomic mass is 9.93. The Labute approximate surface area is 153 Å². The molecule has 2 heterocycles. The lowest BCUT2D eigenvalue weighted by molar-refractivity contribution is 0.628. The van der Waals surface area contributed by atoms with Gasteiger partial charge in [-0.15, -0.1) is 0 Å². The Hall–Kier alpha value is -2.58. The van der Waals surface area contributed by atoms with Gasteiger partial charge in [0.15, 0.2) is 0 Å². The van der Waals surface area contributed by atoms with E-state index in [1.165, 1.54) is 17.4 Å². The molecule has 3 nitrogen and oxygen atoms in total. The molecule has 1 aliphatic heterocycles. The fourth-order valence-corrected chi connectivity index (χ4v) is 3.81. The summed E-state index contributed by atoms with van der Waals surface area (Å²) in [6.07, 6.45) is 1.89. The minimum atomic E-state index is -0.267. The first kappa shape index (κ1) is 16.9. The molecule has 0 radical (unpaired) electrons. The van der Waals surface area contributed by atoms with E-state index in [4.69, 9.17) is 4.99 Å². The summed E-state index contributed by atoms with van der Waals surface area (Å²) in [5.74, 6) is -0.267. The van der Waals surface area contributed by atoms with E-state index < -0.39 is 0 Å². The first-order valence-electron chi connectivity index (χ1n) is 8.39. The molecule has 1 aliphatic rings. The van der Waals surface area contributed by atoms with Crippen LogP contribution in [0.15, 0.2) is 64.5 Å². The van der Waals surface area contributed by atoms with E-state index in [1.54, 1.807) is 29.8 Å². The van der Waals surface area contributed by atoms with Crippen LogP contribution in [0.3, 0.4) is 0 Å². The summed E-state index contributed by atoms with van der Waals surface area (Å²) in [6.45, 7) is 2.58. The Morgan fingerprint density at radius 3 is 2.54 bits per heavy atom. The zero-order chi connectivity index (χ0) is 18.3. The molecule has 0 saturated carbocycles. The van der Waals surface area contributed by atoms with Crippen molar-refractivity contribution in [2.75, 3.05) is 6.66 Å². The summed E-state index contributed by atoms with van der Waals surface area (Å²) in [5, 5.41) is 1.25. The summed E-state index contributed by atoms with van der Waals surface area (Å²) in [7, 11) is 2.44. The quantitative estimate of drug-likeness (QED) is 0.641. The SMILES string of the molecule is CPc1ccc2c(c1)-c1cn(C)c(=O)cc1CN=C2c1ccc(F)cc1. The van der Waals surface area contributed by atoms with Crippen molar-refractivity contribution in [3.8, 4) is 11.1 Å². The van der Waals surface area contributed by atoms with E-state index in [0.717, 1.165) is 33.5 Å². The van der Waals surface area contributed by atoms with Crippen molar-refractivity contribution in [3.05, 3.63) is 87.6 Å². The largest absolute Gasteiger partial charge is 0.318 e. The lowest BCUT2D eigenvalue weighted by Gasteiger charge is -2.14. The van der Waals surface area contributed by atoms with Gasteiger partial charge in [-0.2, -0.15) is 0 Å². The van der Waals surface area contributed by atoms with Gasteiger partial charge >= 0.3 is 0 Å². The van der Waals surface area contributed by atoms with Gasteiger partial charge in [-0.25, -0.2) is 4.39 Å². The van der Waals surface area contributed by atoms with E-state index in [9.17, 15) is 9.18 Å². The van der Waals surface area contributed by atoms with E-state index in [-0.39, 0.29) is 11.4 Å². The average molecular weight is 364 g/mol. The minimum Gasteiger partial charge on any atom is -0.318 e. The number of pyridine rings is 1. The van der Waals surface area contributed by atoms with Crippen LogP contribution >= 0.6 is 8.58 Å². The Balaban J connectivity index is 2.00. The molecule has 130 valence electrons. The van der Waals surface area contributed by atoms with E-state index in [1.807, 2.05) is 6.20 Å². The topological polar surface area (TPSA) is 34.4 Å². The molecule has 0 fully saturated rings. The molecule has 0 bridgehead atoms. The normalized spacial score (nSPS) is 13.3. The predicted molar refractivity (Wildman–Crippen MR) is 107 cm³/mol. The monoisotopic (exact) mass is 364 g/mol. The number of aromatic nitrogens is 1. The Morgan fingerprint density at radius 1 is 1.04 bits per heavy atom. The van der Waals surface area contributed by atoms with Gasteiger partial charge < -0.3 is 4.57 Å². The smallest absolute Gasteiger partial charge is 0.250 e. The molecule has 1 atom stereocenters. The van der Waals surface area contributed by atoms with Gasteiger partial charge in [0.1, 0.15) is 5.82 Å². The number of nitrogens with zero attached hydrogens (tertiary/aromatic N) is 2. The standard InChI is InChI=1S/C21H18FN2OP/c1-24-12-19-14(9-20(24)25)11-23-21(13-3-5-15(22)6-4-13)17-8-7-16(26-2)10-18(17)19/h3-10,12,26H,11H2,1-2H3. The maximum absolute atomic E-state index is 13.4. The van der Waals surface area contributed by atoms with Crippen molar-refractivity contribution in [1.82, 2.24) is 4.57 Å². The molecular formula is C21H18FN2OP. The highest BCUT2D eigenvalue weighted by atomic mass is 31.1. The maximum atomic E-state index is 13.4. The van der Waals surface area contributed by atoms with Gasteiger partial charge in [-0.05, 0) is 53.4 Å². The van der Waals surface area contributed by atoms with Crippen molar-refractivity contribution in [2.24, 2.45) is 12.0 Å². The van der Waals surface area contributed by atoms with Crippen LogP contribution in [0.4, 0.5) is 4.39 Å². The molecule has 2 aromatic carbocycles. The number of aryl methyl sites for hydroxylation is 1. The molecule has 0 spiro atoms. The summed E-state index contributed by atoms with van der Waals surface area (Å²) in [4.78, 5) is 16.9. The highest BCUT2D eigenvalue weighted by Gasteiger charge is 2.20. The van der Waals surface area contributed by atoms with E-state index in [2.05, 4.69) is 24.9 Å². The summed E-state index contributed by atoms with van der Waals surface area (Å²) in [5.41, 5.74) is 5.69. The average Bonchev–Trinajstić information content (AvgIpc) is 2.80. The van der Waals surface area contributed by atoms with Crippen molar-refractivity contribution < 1.29 is 4.39 Å². The van der Waals surface area contributed by atoms with Gasteiger partial charge in [0.05, 0.1) is 12.3 Å². The van der Waals surface area contributed by atoms with E-state index >= 15 is 0 Å². The Kier molecular flexibility index (Phi) is 4.29. The number of benzene rings is 2. The second-order valence-corrected chi connectivity index (χ2v) is 7.42. The van der Waals surface area contributed by atoms with Crippen molar-refractivity contribution >= 4 is 19.6 Å². The van der Waals surface area contributed by atoms with Crippen LogP contribution in [0.1, 0.15) is 16.7 Å². The number of fused-ring (bicyclic) bond motifs is 3. The van der Waals surface area contributed by atoms with Crippen molar-refractivity contribution in [1.29, 1.82) is 0 Å². The number of halogens is 1. The zero-order valence-corrected chi connectivity index (χ0v) is 15.6. The van der Waals surface area contributed by atoms with Crippen LogP contribution in [-0.2, 0) is 13.6 Å². The molecule has 5 heteroatoms. The predicted octanol–water partition coefficient (Wildman–Crippen LogP) is 3.48. The van der Waals surface area contributed by atoms with Gasteiger partial charge in [-0.1, -0.05) is 20.7 Å². The molecule has 1 aromatic heterocycles. The van der Waals surface area contributed by atoms with Crippen LogP contribution in [0, 0.1) is 5.82 Å². The molecule has 0 saturated heterocycles. The molecule has 3 aromatic rings. The first-order valence-corrected chi connectivity index (χ1v) is 9.89. The van der Waals surface area contributed by atoms with Crippen LogP contribution in [0.2, 0.25) is 0 Å². The highest BCUT2D eigenvalue weighted by molar-refractivity contribution is 7.46. The van der Waals surface area contributed by atoms with Gasteiger partial charge in [-0.3, -0.25) is 9.79 Å². The Bertz CT molecular complexity index is 1080. The Morgan fingerprint density at radius 2 is 1.81 bits per heavy atom. The third kappa shape index (κ3) is 2.91. The first-order chi connectivity index (χ1) is 12.6. The lowest BCUT2D eigenvalue weighted by Crippen LogP contribution is -2.16. The minimum absolute atomic E-state index is 0.0424. The second-order valence-electron chi connectivity index (χ2n) is 6.34. The van der Waals surface area contributed by atoms with Crippen molar-refractivity contribution in [2.45, 2.75) is 6.54 Å². The molecule has 0 amide bonds. The number of rotatable bonds is 2. The number of hydrogen-bond donors (Lipinski definition) is 0. The van der Waals surface area contributed by atoms with Crippen molar-refractivity contribution in [3.63, 3.8) is 0 Å². The maximum Gasteiger partial charge on any atom is 0.250 e.